The van der Waals surface area contributed by atoms with Crippen molar-refractivity contribution in [2.45, 2.75) is 13.0 Å². The molecule has 0 aliphatic carbocycles. The lowest BCUT2D eigenvalue weighted by Crippen LogP contribution is -2.29. The molecule has 2 aromatic carbocycles. The zero-order chi connectivity index (χ0) is 22.8. The van der Waals surface area contributed by atoms with Crippen LogP contribution in [-0.2, 0) is 9.59 Å². The van der Waals surface area contributed by atoms with Gasteiger partial charge in [-0.2, -0.15) is 0 Å². The van der Waals surface area contributed by atoms with Gasteiger partial charge in [0.05, 0.1) is 30.6 Å². The van der Waals surface area contributed by atoms with Crippen molar-refractivity contribution in [3.63, 3.8) is 0 Å². The number of ketones is 1. The Morgan fingerprint density at radius 2 is 1.94 bits per heavy atom. The number of nitrogens with zero attached hydrogens (tertiary/aromatic N) is 1. The first-order valence-corrected chi connectivity index (χ1v) is 10.2. The van der Waals surface area contributed by atoms with Crippen molar-refractivity contribution >= 4 is 34.7 Å². The maximum absolute atomic E-state index is 13.1. The average Bonchev–Trinajstić information content (AvgIpc) is 3.41. The molecular weight excluding hydrogens is 434 g/mol. The predicted molar refractivity (Wildman–Crippen MR) is 119 cm³/mol. The number of aliphatic hydroxyl groups is 1. The summed E-state index contributed by atoms with van der Waals surface area (Å²) >= 11 is 6.29. The van der Waals surface area contributed by atoms with E-state index in [4.69, 9.17) is 25.5 Å². The van der Waals surface area contributed by atoms with Gasteiger partial charge in [0.1, 0.15) is 29.1 Å². The summed E-state index contributed by atoms with van der Waals surface area (Å²) in [5.41, 5.74) is 0.459. The summed E-state index contributed by atoms with van der Waals surface area (Å²) in [5, 5.41) is 11.4. The van der Waals surface area contributed by atoms with E-state index < -0.39 is 23.5 Å². The molecule has 1 amide bonds. The number of hydrogen-bond acceptors (Lipinski definition) is 6. The van der Waals surface area contributed by atoms with E-state index in [-0.39, 0.29) is 16.2 Å². The highest BCUT2D eigenvalue weighted by Crippen LogP contribution is 2.44. The summed E-state index contributed by atoms with van der Waals surface area (Å²) in [6.07, 6.45) is 1.44. The van der Waals surface area contributed by atoms with Crippen LogP contribution in [0, 0.1) is 0 Å². The van der Waals surface area contributed by atoms with Gasteiger partial charge in [-0.05, 0) is 49.4 Å². The van der Waals surface area contributed by atoms with E-state index in [0.717, 1.165) is 0 Å². The fraction of sp³-hybridized carbons (Fsp3) is 0.167. The fourth-order valence-electron chi connectivity index (χ4n) is 3.66. The number of methoxy groups -OCH3 is 1. The molecule has 1 aromatic heterocycles. The summed E-state index contributed by atoms with van der Waals surface area (Å²) in [6, 6.07) is 13.8. The molecule has 3 aromatic rings. The van der Waals surface area contributed by atoms with E-state index in [1.165, 1.54) is 24.3 Å². The average molecular weight is 454 g/mol. The van der Waals surface area contributed by atoms with Crippen LogP contribution in [0.25, 0.3) is 5.76 Å². The van der Waals surface area contributed by atoms with Crippen LogP contribution >= 0.6 is 11.6 Å². The van der Waals surface area contributed by atoms with Crippen LogP contribution in [0.2, 0.25) is 5.02 Å². The maximum atomic E-state index is 13.1. The van der Waals surface area contributed by atoms with E-state index in [1.54, 1.807) is 48.5 Å². The summed E-state index contributed by atoms with van der Waals surface area (Å²) in [7, 11) is 1.47. The van der Waals surface area contributed by atoms with Crippen molar-refractivity contribution in [3.05, 3.63) is 82.8 Å². The molecule has 1 aliphatic heterocycles. The molecule has 32 heavy (non-hydrogen) atoms. The van der Waals surface area contributed by atoms with Gasteiger partial charge in [-0.15, -0.1) is 0 Å². The Morgan fingerprint density at radius 1 is 1.12 bits per heavy atom. The van der Waals surface area contributed by atoms with E-state index in [2.05, 4.69) is 0 Å². The number of anilines is 1. The molecule has 7 nitrogen and oxygen atoms in total. The zero-order valence-corrected chi connectivity index (χ0v) is 18.1. The molecule has 0 radical (unpaired) electrons. The first-order valence-electron chi connectivity index (χ1n) is 9.87. The number of carbonyl (C=O) groups excluding carboxylic acids is 2. The number of aliphatic hydroxyl groups excluding tert-OH is 1. The molecular formula is C24H20ClNO6. The highest BCUT2D eigenvalue weighted by atomic mass is 35.5. The minimum atomic E-state index is -0.996. The van der Waals surface area contributed by atoms with Crippen molar-refractivity contribution in [2.24, 2.45) is 0 Å². The molecule has 1 N–H and O–H groups in total. The third kappa shape index (κ3) is 3.71. The van der Waals surface area contributed by atoms with E-state index >= 15 is 0 Å². The van der Waals surface area contributed by atoms with Crippen LogP contribution in [0.4, 0.5) is 5.69 Å². The van der Waals surface area contributed by atoms with Crippen LogP contribution in [0.5, 0.6) is 11.5 Å². The lowest BCUT2D eigenvalue weighted by Gasteiger charge is -2.24. The molecule has 4 rings (SSSR count). The Balaban J connectivity index is 1.92. The largest absolute Gasteiger partial charge is 0.507 e. The number of Topliss-reactive ketones (excluding diaryl/α,β-unsaturated/α-hetero) is 1. The van der Waals surface area contributed by atoms with Crippen molar-refractivity contribution in [1.82, 2.24) is 0 Å². The zero-order valence-electron chi connectivity index (χ0n) is 17.4. The van der Waals surface area contributed by atoms with Crippen molar-refractivity contribution in [2.75, 3.05) is 18.6 Å². The van der Waals surface area contributed by atoms with Gasteiger partial charge in [-0.25, -0.2) is 0 Å². The Hall–Kier alpha value is -3.71. The van der Waals surface area contributed by atoms with Crippen molar-refractivity contribution in [1.29, 1.82) is 0 Å². The van der Waals surface area contributed by atoms with Crippen LogP contribution in [0.3, 0.4) is 0 Å². The quantitative estimate of drug-likeness (QED) is 0.322. The van der Waals surface area contributed by atoms with Gasteiger partial charge in [0.25, 0.3) is 11.7 Å². The summed E-state index contributed by atoms with van der Waals surface area (Å²) in [5.74, 6) is -0.793. The first kappa shape index (κ1) is 21.5. The highest BCUT2D eigenvalue weighted by molar-refractivity contribution is 6.52. The van der Waals surface area contributed by atoms with Crippen LogP contribution in [-0.4, -0.2) is 30.5 Å². The van der Waals surface area contributed by atoms with Crippen molar-refractivity contribution in [3.8, 4) is 11.5 Å². The van der Waals surface area contributed by atoms with Crippen molar-refractivity contribution < 1.29 is 28.6 Å². The Labute approximate surface area is 189 Å². The third-order valence-electron chi connectivity index (χ3n) is 5.09. The second-order valence-corrected chi connectivity index (χ2v) is 7.37. The molecule has 0 bridgehead atoms. The highest BCUT2D eigenvalue weighted by Gasteiger charge is 2.48. The number of halogens is 1. The topological polar surface area (TPSA) is 89.2 Å². The molecule has 0 spiro atoms. The van der Waals surface area contributed by atoms with Crippen LogP contribution < -0.4 is 14.4 Å². The molecule has 1 fully saturated rings. The second-order valence-electron chi connectivity index (χ2n) is 6.96. The standard InChI is InChI=1S/C24H20ClNO6/c1-3-31-16-7-4-6-14(12-16)26-21(19-8-5-11-32-19)20(23(28)24(26)29)22(27)17-13-15(30-2)9-10-18(17)25/h4-13,21,27H,3H2,1-2H3/b22-20-. The Kier molecular flexibility index (Phi) is 5.92. The monoisotopic (exact) mass is 453 g/mol. The van der Waals surface area contributed by atoms with Crippen LogP contribution in [0.15, 0.2) is 70.9 Å². The lowest BCUT2D eigenvalue weighted by atomic mass is 9.99. The number of ether oxygens (including phenoxy) is 2. The number of carbonyl (C=O) groups is 2. The predicted octanol–water partition coefficient (Wildman–Crippen LogP) is 4.97. The van der Waals surface area contributed by atoms with E-state index in [0.29, 0.717) is 29.6 Å². The summed E-state index contributed by atoms with van der Waals surface area (Å²) in [6.45, 7) is 2.29. The fourth-order valence-corrected chi connectivity index (χ4v) is 3.87. The third-order valence-corrected chi connectivity index (χ3v) is 5.42. The number of benzene rings is 2. The lowest BCUT2D eigenvalue weighted by molar-refractivity contribution is -0.132. The van der Waals surface area contributed by atoms with Crippen LogP contribution in [0.1, 0.15) is 24.3 Å². The van der Waals surface area contributed by atoms with Gasteiger partial charge in [0, 0.05) is 17.3 Å². The minimum Gasteiger partial charge on any atom is -0.507 e. The molecule has 1 saturated heterocycles. The SMILES string of the molecule is CCOc1cccc(N2C(=O)C(=O)/C(=C(\O)c3cc(OC)ccc3Cl)C2c2ccco2)c1. The number of amides is 1. The van der Waals surface area contributed by atoms with E-state index in [9.17, 15) is 14.7 Å². The molecule has 2 heterocycles. The summed E-state index contributed by atoms with van der Waals surface area (Å²) in [4.78, 5) is 27.5. The van der Waals surface area contributed by atoms with Gasteiger partial charge < -0.3 is 19.0 Å². The van der Waals surface area contributed by atoms with Gasteiger partial charge in [0.15, 0.2) is 0 Å². The number of hydrogen-bond donors (Lipinski definition) is 1. The number of furan rings is 1. The Morgan fingerprint density at radius 3 is 2.62 bits per heavy atom. The number of rotatable bonds is 6. The maximum Gasteiger partial charge on any atom is 0.300 e. The Bertz CT molecular complexity index is 1200. The van der Waals surface area contributed by atoms with Gasteiger partial charge in [-0.1, -0.05) is 17.7 Å². The molecule has 1 atom stereocenters. The minimum absolute atomic E-state index is 0.137. The van der Waals surface area contributed by atoms with Gasteiger partial charge in [-0.3, -0.25) is 14.5 Å². The molecule has 8 heteroatoms. The molecule has 1 unspecified atom stereocenters. The smallest absolute Gasteiger partial charge is 0.300 e. The van der Waals surface area contributed by atoms with E-state index in [1.807, 2.05) is 6.92 Å². The molecule has 1 aliphatic rings. The van der Waals surface area contributed by atoms with Gasteiger partial charge in [0.2, 0.25) is 0 Å². The first-order chi connectivity index (χ1) is 15.5. The van der Waals surface area contributed by atoms with Gasteiger partial charge >= 0.3 is 0 Å². The molecule has 164 valence electrons. The second kappa shape index (κ2) is 8.80. The molecule has 0 saturated carbocycles. The normalized spacial score (nSPS) is 17.6. The summed E-state index contributed by atoms with van der Waals surface area (Å²) < 4.78 is 16.3.